The Morgan fingerprint density at radius 2 is 1.49 bits per heavy atom. The maximum Gasteiger partial charge on any atom is 0.408 e. The van der Waals surface area contributed by atoms with Crippen LogP contribution >= 0.6 is 0 Å². The van der Waals surface area contributed by atoms with Crippen LogP contribution in [0.15, 0.2) is 15.0 Å². The maximum atomic E-state index is 12.9. The Morgan fingerprint density at radius 1 is 0.907 bits per heavy atom. The predicted molar refractivity (Wildman–Crippen MR) is 171 cm³/mol. The van der Waals surface area contributed by atoms with Gasteiger partial charge < -0.3 is 31.0 Å². The molecule has 0 aromatic carbocycles. The molecule has 1 saturated carbocycles. The van der Waals surface area contributed by atoms with Crippen molar-refractivity contribution in [1.29, 1.82) is 0 Å². The first kappa shape index (κ1) is 37.8. The van der Waals surface area contributed by atoms with Crippen LogP contribution in [0.1, 0.15) is 112 Å². The highest BCUT2D eigenvalue weighted by atomic mass is 16.6. The summed E-state index contributed by atoms with van der Waals surface area (Å²) in [5, 5.41) is 2.67. The van der Waals surface area contributed by atoms with Gasteiger partial charge in [0.25, 0.3) is 0 Å². The van der Waals surface area contributed by atoms with Gasteiger partial charge in [-0.15, -0.1) is 0 Å². The van der Waals surface area contributed by atoms with Crippen molar-refractivity contribution in [2.45, 2.75) is 130 Å². The van der Waals surface area contributed by atoms with Crippen molar-refractivity contribution in [3.8, 4) is 0 Å². The van der Waals surface area contributed by atoms with Crippen molar-refractivity contribution in [2.75, 3.05) is 26.3 Å². The number of amides is 1. The number of aliphatic imine (C=N–C) groups is 3. The standard InChI is InChI=1S/C31H56N6O6/c1-7-41-28(38)26(12-8-10-19-34-22(2)32)36-25-16-14-24(15-17-25)18-21-42-29(39)27(13-9-11-20-35-23(3)33)37-30(40)43-31(4,5)6/h24,26-27H,7-21H2,1-6H3,(H2,32,34)(H2,33,35)(H,37,40). The average molecular weight is 609 g/mol. The molecular weight excluding hydrogens is 552 g/mol. The summed E-state index contributed by atoms with van der Waals surface area (Å²) < 4.78 is 16.2. The number of carbonyl (C=O) groups is 3. The van der Waals surface area contributed by atoms with Gasteiger partial charge in [0.05, 0.1) is 24.9 Å². The van der Waals surface area contributed by atoms with Crippen molar-refractivity contribution < 1.29 is 28.6 Å². The molecule has 0 saturated heterocycles. The summed E-state index contributed by atoms with van der Waals surface area (Å²) in [6, 6.07) is -1.29. The molecule has 12 heteroatoms. The maximum absolute atomic E-state index is 12.9. The summed E-state index contributed by atoms with van der Waals surface area (Å²) in [6.45, 7) is 12.4. The Balaban J connectivity index is 2.59. The van der Waals surface area contributed by atoms with Crippen LogP contribution in [0.4, 0.5) is 4.79 Å². The summed E-state index contributed by atoms with van der Waals surface area (Å²) in [5.74, 6) is 0.722. The van der Waals surface area contributed by atoms with E-state index < -0.39 is 29.7 Å². The third kappa shape index (κ3) is 18.9. The minimum absolute atomic E-state index is 0.273. The van der Waals surface area contributed by atoms with Crippen LogP contribution in [0.3, 0.4) is 0 Å². The van der Waals surface area contributed by atoms with Crippen molar-refractivity contribution in [3.63, 3.8) is 0 Å². The Labute approximate surface area is 257 Å². The summed E-state index contributed by atoms with van der Waals surface area (Å²) in [5.41, 5.74) is 11.5. The Kier molecular flexibility index (Phi) is 18.2. The summed E-state index contributed by atoms with van der Waals surface area (Å²) >= 11 is 0. The lowest BCUT2D eigenvalue weighted by Gasteiger charge is -2.25. The van der Waals surface area contributed by atoms with Gasteiger partial charge in [-0.05, 0) is 118 Å². The normalized spacial score (nSPS) is 17.5. The molecule has 12 nitrogen and oxygen atoms in total. The van der Waals surface area contributed by atoms with Gasteiger partial charge in [0, 0.05) is 18.8 Å². The largest absolute Gasteiger partial charge is 0.464 e. The molecule has 0 aromatic heterocycles. The quantitative estimate of drug-likeness (QED) is 0.0670. The van der Waals surface area contributed by atoms with E-state index in [9.17, 15) is 14.4 Å². The number of nitrogens with two attached hydrogens (primary N) is 2. The number of amidine groups is 2. The van der Waals surface area contributed by atoms with E-state index in [0.717, 1.165) is 57.1 Å². The monoisotopic (exact) mass is 608 g/mol. The molecule has 1 fully saturated rings. The second-order valence-electron chi connectivity index (χ2n) is 12.1. The van der Waals surface area contributed by atoms with Gasteiger partial charge in [-0.25, -0.2) is 14.4 Å². The lowest BCUT2D eigenvalue weighted by Crippen LogP contribution is -2.44. The van der Waals surface area contributed by atoms with E-state index in [1.54, 1.807) is 41.5 Å². The number of hydrogen-bond donors (Lipinski definition) is 3. The molecule has 1 aliphatic carbocycles. The average Bonchev–Trinajstić information content (AvgIpc) is 2.91. The lowest BCUT2D eigenvalue weighted by molar-refractivity contribution is -0.147. The third-order valence-electron chi connectivity index (χ3n) is 6.83. The van der Waals surface area contributed by atoms with Gasteiger partial charge in [-0.2, -0.15) is 0 Å². The fraction of sp³-hybridized carbons (Fsp3) is 0.806. The first-order chi connectivity index (χ1) is 20.3. The predicted octanol–water partition coefficient (Wildman–Crippen LogP) is 4.47. The highest BCUT2D eigenvalue weighted by Crippen LogP contribution is 2.26. The van der Waals surface area contributed by atoms with Gasteiger partial charge in [-0.3, -0.25) is 15.0 Å². The van der Waals surface area contributed by atoms with E-state index in [2.05, 4.69) is 15.3 Å². The fourth-order valence-electron chi connectivity index (χ4n) is 4.67. The zero-order valence-electron chi connectivity index (χ0n) is 27.3. The molecule has 43 heavy (non-hydrogen) atoms. The Morgan fingerprint density at radius 3 is 2.02 bits per heavy atom. The number of hydrogen-bond acceptors (Lipinski definition) is 9. The van der Waals surface area contributed by atoms with Crippen LogP contribution in [0.25, 0.3) is 0 Å². The molecule has 0 bridgehead atoms. The van der Waals surface area contributed by atoms with Gasteiger partial charge in [-0.1, -0.05) is 0 Å². The van der Waals surface area contributed by atoms with Gasteiger partial charge in [0.15, 0.2) is 0 Å². The SMILES string of the molecule is CCOC(=O)C(CCCCN=C(C)N)N=C1CCC(CCOC(=O)C(CCCCN=C(C)N)NC(=O)OC(C)(C)C)CC1. The molecular formula is C31H56N6O6. The molecule has 2 unspecified atom stereocenters. The van der Waals surface area contributed by atoms with Crippen LogP contribution in [0, 0.1) is 5.92 Å². The molecule has 2 atom stereocenters. The number of alkyl carbamates (subject to hydrolysis) is 1. The summed E-state index contributed by atoms with van der Waals surface area (Å²) in [4.78, 5) is 50.9. The second kappa shape index (κ2) is 20.7. The fourth-order valence-corrected chi connectivity index (χ4v) is 4.67. The molecule has 1 amide bonds. The number of unbranched alkanes of at least 4 members (excludes halogenated alkanes) is 2. The number of nitrogens with one attached hydrogen (secondary N) is 1. The van der Waals surface area contributed by atoms with E-state index in [4.69, 9.17) is 30.7 Å². The molecule has 1 aliphatic rings. The zero-order valence-corrected chi connectivity index (χ0v) is 27.3. The zero-order chi connectivity index (χ0) is 32.3. The third-order valence-corrected chi connectivity index (χ3v) is 6.83. The lowest BCUT2D eigenvalue weighted by atomic mass is 9.86. The number of esters is 2. The van der Waals surface area contributed by atoms with E-state index >= 15 is 0 Å². The first-order valence-corrected chi connectivity index (χ1v) is 15.7. The summed E-state index contributed by atoms with van der Waals surface area (Å²) in [6.07, 6.45) is 7.62. The van der Waals surface area contributed by atoms with Gasteiger partial charge >= 0.3 is 18.0 Å². The van der Waals surface area contributed by atoms with Gasteiger partial charge in [0.1, 0.15) is 17.7 Å². The van der Waals surface area contributed by atoms with Crippen molar-refractivity contribution in [3.05, 3.63) is 0 Å². The molecule has 0 heterocycles. The van der Waals surface area contributed by atoms with Crippen molar-refractivity contribution >= 4 is 35.4 Å². The van der Waals surface area contributed by atoms with Crippen LogP contribution in [-0.4, -0.2) is 79.4 Å². The number of rotatable bonds is 18. The molecule has 0 radical (unpaired) electrons. The number of nitrogens with zero attached hydrogens (tertiary/aromatic N) is 3. The number of carbonyl (C=O) groups excluding carboxylic acids is 3. The van der Waals surface area contributed by atoms with Crippen LogP contribution in [0.5, 0.6) is 0 Å². The van der Waals surface area contributed by atoms with Crippen molar-refractivity contribution in [2.24, 2.45) is 32.4 Å². The van der Waals surface area contributed by atoms with Gasteiger partial charge in [0.2, 0.25) is 0 Å². The van der Waals surface area contributed by atoms with Crippen LogP contribution in [-0.2, 0) is 23.8 Å². The molecule has 0 aliphatic heterocycles. The molecule has 1 rings (SSSR count). The topological polar surface area (TPSA) is 180 Å². The molecule has 0 aromatic rings. The van der Waals surface area contributed by atoms with Crippen LogP contribution < -0.4 is 16.8 Å². The highest BCUT2D eigenvalue weighted by molar-refractivity contribution is 5.88. The minimum Gasteiger partial charge on any atom is -0.464 e. The second-order valence-corrected chi connectivity index (χ2v) is 12.1. The first-order valence-electron chi connectivity index (χ1n) is 15.7. The minimum atomic E-state index is -0.797. The van der Waals surface area contributed by atoms with E-state index in [0.29, 0.717) is 56.5 Å². The van der Waals surface area contributed by atoms with Crippen LogP contribution in [0.2, 0.25) is 0 Å². The number of ether oxygens (including phenoxy) is 3. The summed E-state index contributed by atoms with van der Waals surface area (Å²) in [7, 11) is 0. The van der Waals surface area contributed by atoms with Crippen molar-refractivity contribution in [1.82, 2.24) is 5.32 Å². The Bertz CT molecular complexity index is 941. The molecule has 246 valence electrons. The van der Waals surface area contributed by atoms with E-state index in [-0.39, 0.29) is 12.6 Å². The smallest absolute Gasteiger partial charge is 0.408 e. The highest BCUT2D eigenvalue weighted by Gasteiger charge is 2.26. The molecule has 0 spiro atoms. The van der Waals surface area contributed by atoms with E-state index in [1.165, 1.54) is 0 Å². The Hall–Kier alpha value is -3.18. The molecule has 5 N–H and O–H groups in total. The van der Waals surface area contributed by atoms with E-state index in [1.807, 2.05) is 0 Å².